The number of carbonyl (C=O) groups is 2. The maximum Gasteiger partial charge on any atom is 0.326 e. The first-order valence-electron chi connectivity index (χ1n) is 7.89. The second kappa shape index (κ2) is 6.30. The van der Waals surface area contributed by atoms with Gasteiger partial charge in [-0.1, -0.05) is 0 Å². The van der Waals surface area contributed by atoms with Gasteiger partial charge in [-0.05, 0) is 30.2 Å². The minimum atomic E-state index is -3.35. The third kappa shape index (κ3) is 3.21. The Labute approximate surface area is 146 Å². The molecule has 25 heavy (non-hydrogen) atoms. The second-order valence-electron chi connectivity index (χ2n) is 6.33. The first-order chi connectivity index (χ1) is 11.7. The van der Waals surface area contributed by atoms with Crippen molar-refractivity contribution >= 4 is 27.6 Å². The highest BCUT2D eigenvalue weighted by Gasteiger charge is 2.40. The Bertz CT molecular complexity index is 822. The number of hydrogen-bond acceptors (Lipinski definition) is 5. The van der Waals surface area contributed by atoms with E-state index in [4.69, 9.17) is 4.74 Å². The molecule has 0 radical (unpaired) electrons. The first-order valence-corrected chi connectivity index (χ1v) is 9.74. The number of carboxylic acid groups (broad SMARTS) is 1. The number of rotatable bonds is 4. The number of hydrogen-bond donors (Lipinski definition) is 1. The molecule has 0 saturated carbocycles. The van der Waals surface area contributed by atoms with Gasteiger partial charge in [0.05, 0.1) is 18.0 Å². The average Bonchev–Trinajstić information content (AvgIpc) is 3.17. The summed E-state index contributed by atoms with van der Waals surface area (Å²) in [6, 6.07) is 3.89. The molecule has 136 valence electrons. The molecule has 2 heterocycles. The number of anilines is 1. The highest BCUT2D eigenvalue weighted by atomic mass is 32.2. The van der Waals surface area contributed by atoms with Crippen LogP contribution in [0.15, 0.2) is 18.2 Å². The van der Waals surface area contributed by atoms with Gasteiger partial charge in [-0.2, -0.15) is 0 Å². The van der Waals surface area contributed by atoms with Crippen molar-refractivity contribution in [2.45, 2.75) is 25.0 Å². The number of benzene rings is 1. The molecule has 2 atom stereocenters. The smallest absolute Gasteiger partial charge is 0.326 e. The van der Waals surface area contributed by atoms with Crippen LogP contribution in [0.1, 0.15) is 22.3 Å². The summed E-state index contributed by atoms with van der Waals surface area (Å²) in [5.41, 5.74) is 1.70. The summed E-state index contributed by atoms with van der Waals surface area (Å²) in [5, 5.41) is 9.35. The van der Waals surface area contributed by atoms with E-state index in [1.165, 1.54) is 16.3 Å². The Balaban J connectivity index is 1.88. The number of sulfonamides is 1. The van der Waals surface area contributed by atoms with Gasteiger partial charge in [-0.15, -0.1) is 0 Å². The molecule has 1 fully saturated rings. The van der Waals surface area contributed by atoms with E-state index in [1.54, 1.807) is 18.2 Å². The van der Waals surface area contributed by atoms with Crippen molar-refractivity contribution in [3.63, 3.8) is 0 Å². The van der Waals surface area contributed by atoms with Gasteiger partial charge in [0.1, 0.15) is 6.04 Å². The normalized spacial score (nSPS) is 23.0. The number of ether oxygens (including phenoxy) is 1. The molecule has 2 aliphatic heterocycles. The van der Waals surface area contributed by atoms with E-state index in [1.807, 2.05) is 0 Å². The molecule has 1 saturated heterocycles. The van der Waals surface area contributed by atoms with E-state index >= 15 is 0 Å². The van der Waals surface area contributed by atoms with E-state index < -0.39 is 22.0 Å². The summed E-state index contributed by atoms with van der Waals surface area (Å²) in [6.07, 6.45) is 1.62. The lowest BCUT2D eigenvalue weighted by molar-refractivity contribution is -0.141. The van der Waals surface area contributed by atoms with Crippen LogP contribution in [0.25, 0.3) is 0 Å². The van der Waals surface area contributed by atoms with Crippen molar-refractivity contribution in [2.75, 3.05) is 30.8 Å². The van der Waals surface area contributed by atoms with E-state index in [0.717, 1.165) is 11.8 Å². The quantitative estimate of drug-likeness (QED) is 0.821. The Hall–Kier alpha value is -2.13. The van der Waals surface area contributed by atoms with Crippen molar-refractivity contribution in [3.05, 3.63) is 29.3 Å². The van der Waals surface area contributed by atoms with Crippen molar-refractivity contribution in [3.8, 4) is 0 Å². The fourth-order valence-electron chi connectivity index (χ4n) is 3.44. The fourth-order valence-corrected chi connectivity index (χ4v) is 4.40. The fraction of sp³-hybridized carbons (Fsp3) is 0.500. The lowest BCUT2D eigenvalue weighted by Crippen LogP contribution is -2.40. The summed E-state index contributed by atoms with van der Waals surface area (Å²) >= 11 is 0. The standard InChI is InChI=1S/C16H20N2O6S/c1-24-12-8-14(16(20)21)17(9-12)15(19)11-3-4-13-10(7-11)5-6-18(13)25(2,22)23/h3-4,7,12,14H,5-6,8-9H2,1-2H3,(H,20,21). The van der Waals surface area contributed by atoms with Crippen molar-refractivity contribution in [2.24, 2.45) is 0 Å². The SMILES string of the molecule is COC1CC(C(=O)O)N(C(=O)c2ccc3c(c2)CCN3S(C)(=O)=O)C1. The van der Waals surface area contributed by atoms with Crippen molar-refractivity contribution in [1.29, 1.82) is 0 Å². The number of methoxy groups -OCH3 is 1. The van der Waals surface area contributed by atoms with Crippen LogP contribution in [0.4, 0.5) is 5.69 Å². The number of amides is 1. The molecule has 0 aromatic heterocycles. The molecule has 3 rings (SSSR count). The molecule has 8 nitrogen and oxygen atoms in total. The van der Waals surface area contributed by atoms with Gasteiger partial charge in [-0.3, -0.25) is 9.10 Å². The maximum absolute atomic E-state index is 12.8. The Morgan fingerprint density at radius 2 is 2.04 bits per heavy atom. The number of aliphatic carboxylic acids is 1. The number of carboxylic acids is 1. The van der Waals surface area contributed by atoms with Gasteiger partial charge in [-0.25, -0.2) is 13.2 Å². The molecule has 1 aromatic rings. The van der Waals surface area contributed by atoms with Gasteiger partial charge >= 0.3 is 5.97 Å². The number of carbonyl (C=O) groups excluding carboxylic acids is 1. The zero-order chi connectivity index (χ0) is 18.4. The minimum Gasteiger partial charge on any atom is -0.480 e. The Kier molecular flexibility index (Phi) is 4.46. The van der Waals surface area contributed by atoms with Crippen LogP contribution in [-0.2, 0) is 26.0 Å². The predicted octanol–water partition coefficient (Wildman–Crippen LogP) is 0.323. The highest BCUT2D eigenvalue weighted by Crippen LogP contribution is 2.32. The zero-order valence-electron chi connectivity index (χ0n) is 14.0. The van der Waals surface area contributed by atoms with Gasteiger partial charge < -0.3 is 14.7 Å². The van der Waals surface area contributed by atoms with Crippen LogP contribution in [0, 0.1) is 0 Å². The molecular formula is C16H20N2O6S. The third-order valence-electron chi connectivity index (χ3n) is 4.72. The molecule has 0 aliphatic carbocycles. The number of fused-ring (bicyclic) bond motifs is 1. The van der Waals surface area contributed by atoms with E-state index in [2.05, 4.69) is 0 Å². The molecular weight excluding hydrogens is 348 g/mol. The summed E-state index contributed by atoms with van der Waals surface area (Å²) in [5.74, 6) is -1.44. The first kappa shape index (κ1) is 17.7. The van der Waals surface area contributed by atoms with Crippen molar-refractivity contribution in [1.82, 2.24) is 4.90 Å². The van der Waals surface area contributed by atoms with Crippen LogP contribution in [0.2, 0.25) is 0 Å². The second-order valence-corrected chi connectivity index (χ2v) is 8.24. The van der Waals surface area contributed by atoms with Gasteiger partial charge in [0.15, 0.2) is 0 Å². The summed E-state index contributed by atoms with van der Waals surface area (Å²) in [7, 11) is -1.86. The van der Waals surface area contributed by atoms with Gasteiger partial charge in [0.25, 0.3) is 5.91 Å². The van der Waals surface area contributed by atoms with Gasteiger partial charge in [0, 0.05) is 32.2 Å². The molecule has 1 amide bonds. The highest BCUT2D eigenvalue weighted by molar-refractivity contribution is 7.92. The topological polar surface area (TPSA) is 104 Å². The lowest BCUT2D eigenvalue weighted by atomic mass is 10.1. The molecule has 0 bridgehead atoms. The van der Waals surface area contributed by atoms with E-state index in [0.29, 0.717) is 24.2 Å². The molecule has 2 aliphatic rings. The number of nitrogens with zero attached hydrogens (tertiary/aromatic N) is 2. The van der Waals surface area contributed by atoms with E-state index in [9.17, 15) is 23.1 Å². The Morgan fingerprint density at radius 1 is 1.32 bits per heavy atom. The third-order valence-corrected chi connectivity index (χ3v) is 5.90. The predicted molar refractivity (Wildman–Crippen MR) is 90.2 cm³/mol. The van der Waals surface area contributed by atoms with Crippen LogP contribution >= 0.6 is 0 Å². The molecule has 2 unspecified atom stereocenters. The summed E-state index contributed by atoms with van der Waals surface area (Å²) in [6.45, 7) is 0.567. The van der Waals surface area contributed by atoms with Gasteiger partial charge in [0.2, 0.25) is 10.0 Å². The number of likely N-dealkylation sites (tertiary alicyclic amines) is 1. The van der Waals surface area contributed by atoms with Crippen LogP contribution in [0.5, 0.6) is 0 Å². The monoisotopic (exact) mass is 368 g/mol. The van der Waals surface area contributed by atoms with E-state index in [-0.39, 0.29) is 25.0 Å². The molecule has 9 heteroatoms. The Morgan fingerprint density at radius 3 is 2.64 bits per heavy atom. The largest absolute Gasteiger partial charge is 0.480 e. The summed E-state index contributed by atoms with van der Waals surface area (Å²) < 4.78 is 30.1. The maximum atomic E-state index is 12.8. The summed E-state index contributed by atoms with van der Waals surface area (Å²) in [4.78, 5) is 25.5. The van der Waals surface area contributed by atoms with Crippen LogP contribution < -0.4 is 4.31 Å². The van der Waals surface area contributed by atoms with Crippen LogP contribution in [-0.4, -0.2) is 68.9 Å². The minimum absolute atomic E-state index is 0.221. The molecule has 1 aromatic carbocycles. The molecule has 0 spiro atoms. The van der Waals surface area contributed by atoms with Crippen molar-refractivity contribution < 1.29 is 27.9 Å². The lowest BCUT2D eigenvalue weighted by Gasteiger charge is -2.22. The zero-order valence-corrected chi connectivity index (χ0v) is 14.8. The van der Waals surface area contributed by atoms with Crippen LogP contribution in [0.3, 0.4) is 0 Å². The average molecular weight is 368 g/mol. The molecule has 1 N–H and O–H groups in total.